The molecule has 4 aromatic rings. The van der Waals surface area contributed by atoms with Crippen LogP contribution in [0.25, 0.3) is 16.6 Å². The van der Waals surface area contributed by atoms with Gasteiger partial charge in [0.05, 0.1) is 11.2 Å². The first-order valence-corrected chi connectivity index (χ1v) is 11.8. The SMILES string of the molecule is Cc1cc(=O)n(-c2ccc(N3CCC(Cc4cccc5cccnc45)CC3)c(C)c2)c(C)n1. The number of nitrogens with zero attached hydrogens (tertiary/aromatic N) is 4. The molecule has 2 aromatic carbocycles. The molecule has 1 fully saturated rings. The van der Waals surface area contributed by atoms with Crippen LogP contribution < -0.4 is 10.5 Å². The van der Waals surface area contributed by atoms with Crippen molar-refractivity contribution in [3.05, 3.63) is 93.8 Å². The van der Waals surface area contributed by atoms with E-state index in [4.69, 9.17) is 0 Å². The van der Waals surface area contributed by atoms with Gasteiger partial charge in [-0.3, -0.25) is 14.3 Å². The molecule has 2 aromatic heterocycles. The quantitative estimate of drug-likeness (QED) is 0.441. The highest BCUT2D eigenvalue weighted by Crippen LogP contribution is 2.30. The molecule has 5 heteroatoms. The van der Waals surface area contributed by atoms with Crippen LogP contribution >= 0.6 is 0 Å². The van der Waals surface area contributed by atoms with E-state index in [0.29, 0.717) is 5.92 Å². The number of piperidine rings is 1. The van der Waals surface area contributed by atoms with Crippen molar-refractivity contribution in [2.45, 2.75) is 40.0 Å². The van der Waals surface area contributed by atoms with Crippen molar-refractivity contribution in [3.8, 4) is 5.69 Å². The number of anilines is 1. The van der Waals surface area contributed by atoms with Crippen molar-refractivity contribution >= 4 is 16.6 Å². The standard InChI is InChI=1S/C28H30N4O/c1-19-16-25(32-21(3)30-20(2)17-27(32)33)9-10-26(19)31-14-11-22(12-15-31)18-24-7-4-6-23-8-5-13-29-28(23)24/h4-10,13,16-17,22H,11-12,14-15,18H2,1-3H3. The molecule has 0 bridgehead atoms. The maximum Gasteiger partial charge on any atom is 0.258 e. The molecule has 0 unspecified atom stereocenters. The summed E-state index contributed by atoms with van der Waals surface area (Å²) in [5.41, 5.74) is 6.56. The Labute approximate surface area is 194 Å². The van der Waals surface area contributed by atoms with E-state index in [1.165, 1.54) is 35.0 Å². The van der Waals surface area contributed by atoms with Gasteiger partial charge in [-0.05, 0) is 81.3 Å². The summed E-state index contributed by atoms with van der Waals surface area (Å²) in [5, 5.41) is 1.22. The molecule has 1 aliphatic rings. The van der Waals surface area contributed by atoms with Gasteiger partial charge in [-0.2, -0.15) is 0 Å². The van der Waals surface area contributed by atoms with E-state index >= 15 is 0 Å². The van der Waals surface area contributed by atoms with Crippen LogP contribution in [-0.4, -0.2) is 27.6 Å². The number of benzene rings is 2. The van der Waals surface area contributed by atoms with Crippen molar-refractivity contribution in [2.75, 3.05) is 18.0 Å². The molecular weight excluding hydrogens is 408 g/mol. The van der Waals surface area contributed by atoms with Crippen LogP contribution in [0.1, 0.15) is 35.5 Å². The number of aryl methyl sites for hydroxylation is 3. The monoisotopic (exact) mass is 438 g/mol. The Balaban J connectivity index is 1.30. The van der Waals surface area contributed by atoms with Gasteiger partial charge in [-0.25, -0.2) is 4.98 Å². The minimum Gasteiger partial charge on any atom is -0.371 e. The summed E-state index contributed by atoms with van der Waals surface area (Å²) in [7, 11) is 0. The predicted molar refractivity (Wildman–Crippen MR) is 134 cm³/mol. The molecule has 1 aliphatic heterocycles. The highest BCUT2D eigenvalue weighted by Gasteiger charge is 2.22. The molecule has 0 aliphatic carbocycles. The van der Waals surface area contributed by atoms with E-state index in [0.717, 1.165) is 42.2 Å². The Morgan fingerprint density at radius 2 is 1.76 bits per heavy atom. The van der Waals surface area contributed by atoms with E-state index in [2.05, 4.69) is 58.2 Å². The predicted octanol–water partition coefficient (Wildman–Crippen LogP) is 5.17. The van der Waals surface area contributed by atoms with Crippen LogP contribution in [0, 0.1) is 26.7 Å². The third-order valence-corrected chi connectivity index (χ3v) is 6.83. The zero-order valence-electron chi connectivity index (χ0n) is 19.6. The lowest BCUT2D eigenvalue weighted by Crippen LogP contribution is -2.34. The van der Waals surface area contributed by atoms with Crippen LogP contribution in [0.3, 0.4) is 0 Å². The van der Waals surface area contributed by atoms with Crippen molar-refractivity contribution < 1.29 is 0 Å². The summed E-state index contributed by atoms with van der Waals surface area (Å²) in [6, 6.07) is 18.6. The maximum absolute atomic E-state index is 12.5. The van der Waals surface area contributed by atoms with Gasteiger partial charge in [-0.1, -0.05) is 24.3 Å². The molecule has 0 atom stereocenters. The molecule has 0 radical (unpaired) electrons. The van der Waals surface area contributed by atoms with Gasteiger partial charge in [0.1, 0.15) is 5.82 Å². The highest BCUT2D eigenvalue weighted by molar-refractivity contribution is 5.81. The topological polar surface area (TPSA) is 51.0 Å². The zero-order valence-corrected chi connectivity index (χ0v) is 19.6. The molecular formula is C28H30N4O. The Hall–Kier alpha value is -3.47. The van der Waals surface area contributed by atoms with E-state index in [-0.39, 0.29) is 5.56 Å². The molecule has 0 spiro atoms. The number of fused-ring (bicyclic) bond motifs is 1. The summed E-state index contributed by atoms with van der Waals surface area (Å²) < 4.78 is 1.69. The molecule has 33 heavy (non-hydrogen) atoms. The average molecular weight is 439 g/mol. The first-order valence-electron chi connectivity index (χ1n) is 11.8. The number of para-hydroxylation sites is 1. The molecule has 3 heterocycles. The lowest BCUT2D eigenvalue weighted by Gasteiger charge is -2.35. The summed E-state index contributed by atoms with van der Waals surface area (Å²) >= 11 is 0. The van der Waals surface area contributed by atoms with Gasteiger partial charge in [-0.15, -0.1) is 0 Å². The van der Waals surface area contributed by atoms with E-state index < -0.39 is 0 Å². The smallest absolute Gasteiger partial charge is 0.258 e. The van der Waals surface area contributed by atoms with E-state index in [1.807, 2.05) is 32.2 Å². The fourth-order valence-electron chi connectivity index (χ4n) is 5.21. The van der Waals surface area contributed by atoms with Gasteiger partial charge in [0.2, 0.25) is 0 Å². The maximum atomic E-state index is 12.5. The third-order valence-electron chi connectivity index (χ3n) is 6.83. The Morgan fingerprint density at radius 3 is 2.52 bits per heavy atom. The Kier molecular flexibility index (Phi) is 5.71. The van der Waals surface area contributed by atoms with Gasteiger partial charge < -0.3 is 4.90 Å². The number of hydrogen-bond donors (Lipinski definition) is 0. The van der Waals surface area contributed by atoms with E-state index in [9.17, 15) is 4.79 Å². The normalized spacial score (nSPS) is 14.7. The zero-order chi connectivity index (χ0) is 22.9. The number of hydrogen-bond acceptors (Lipinski definition) is 4. The second kappa shape index (κ2) is 8.81. The van der Waals surface area contributed by atoms with Crippen LogP contribution in [0.5, 0.6) is 0 Å². The lowest BCUT2D eigenvalue weighted by molar-refractivity contribution is 0.404. The molecule has 0 amide bonds. The Morgan fingerprint density at radius 1 is 0.970 bits per heavy atom. The molecule has 1 saturated heterocycles. The minimum atomic E-state index is -0.0316. The van der Waals surface area contributed by atoms with Crippen molar-refractivity contribution in [1.29, 1.82) is 0 Å². The summed E-state index contributed by atoms with van der Waals surface area (Å²) in [5.74, 6) is 1.39. The van der Waals surface area contributed by atoms with Crippen molar-refractivity contribution in [3.63, 3.8) is 0 Å². The molecule has 5 nitrogen and oxygen atoms in total. The minimum absolute atomic E-state index is 0.0316. The van der Waals surface area contributed by atoms with Crippen LogP contribution in [-0.2, 0) is 6.42 Å². The van der Waals surface area contributed by atoms with Crippen molar-refractivity contribution in [2.24, 2.45) is 5.92 Å². The fourth-order valence-corrected chi connectivity index (χ4v) is 5.21. The second-order valence-corrected chi connectivity index (χ2v) is 9.22. The van der Waals surface area contributed by atoms with Crippen LogP contribution in [0.15, 0.2) is 65.6 Å². The fraction of sp³-hybridized carbons (Fsp3) is 0.321. The van der Waals surface area contributed by atoms with Gasteiger partial charge in [0.25, 0.3) is 5.56 Å². The van der Waals surface area contributed by atoms with Crippen LogP contribution in [0.4, 0.5) is 5.69 Å². The molecule has 168 valence electrons. The first-order chi connectivity index (χ1) is 16.0. The highest BCUT2D eigenvalue weighted by atomic mass is 16.1. The first kappa shape index (κ1) is 21.4. The van der Waals surface area contributed by atoms with E-state index in [1.54, 1.807) is 10.6 Å². The average Bonchev–Trinajstić information content (AvgIpc) is 2.79. The molecule has 0 saturated carbocycles. The third kappa shape index (κ3) is 4.28. The van der Waals surface area contributed by atoms with Crippen molar-refractivity contribution in [1.82, 2.24) is 14.5 Å². The summed E-state index contributed by atoms with van der Waals surface area (Å²) in [4.78, 5) is 24.1. The number of rotatable bonds is 4. The molecule has 0 N–H and O–H groups in total. The number of pyridine rings is 1. The largest absolute Gasteiger partial charge is 0.371 e. The van der Waals surface area contributed by atoms with Gasteiger partial charge in [0.15, 0.2) is 0 Å². The van der Waals surface area contributed by atoms with Crippen LogP contribution in [0.2, 0.25) is 0 Å². The summed E-state index contributed by atoms with van der Waals surface area (Å²) in [6.07, 6.45) is 5.32. The Bertz CT molecular complexity index is 1360. The van der Waals surface area contributed by atoms with Gasteiger partial charge >= 0.3 is 0 Å². The number of aromatic nitrogens is 3. The second-order valence-electron chi connectivity index (χ2n) is 9.22. The molecule has 5 rings (SSSR count). The van der Waals surface area contributed by atoms with Gasteiger partial charge in [0, 0.05) is 42.1 Å². The lowest BCUT2D eigenvalue weighted by atomic mass is 9.89. The summed E-state index contributed by atoms with van der Waals surface area (Å²) in [6.45, 7) is 7.97.